The number of rotatable bonds is 2. The summed E-state index contributed by atoms with van der Waals surface area (Å²) in [6, 6.07) is 10.4. The number of anilines is 1. The Morgan fingerprint density at radius 2 is 1.92 bits per heavy atom. The monoisotopic (exact) mass is 357 g/mol. The van der Waals surface area contributed by atoms with E-state index >= 15 is 0 Å². The number of amides is 2. The number of oxazole rings is 1. The van der Waals surface area contributed by atoms with E-state index in [1.54, 1.807) is 0 Å². The zero-order valence-electron chi connectivity index (χ0n) is 13.9. The third-order valence-electron chi connectivity index (χ3n) is 4.56. The minimum atomic E-state index is -0.800. The van der Waals surface area contributed by atoms with Crippen LogP contribution in [-0.4, -0.2) is 29.0 Å². The van der Waals surface area contributed by atoms with E-state index < -0.39 is 23.4 Å². The molecule has 0 spiro atoms. The lowest BCUT2D eigenvalue weighted by Crippen LogP contribution is -2.42. The van der Waals surface area contributed by atoms with Crippen LogP contribution in [0.2, 0.25) is 0 Å². The Hall–Kier alpha value is -2.96. The highest BCUT2D eigenvalue weighted by Crippen LogP contribution is 2.29. The number of fused-ring (bicyclic) bond motifs is 1. The van der Waals surface area contributed by atoms with Crippen molar-refractivity contribution in [2.24, 2.45) is 0 Å². The summed E-state index contributed by atoms with van der Waals surface area (Å²) in [7, 11) is 0. The van der Waals surface area contributed by atoms with Gasteiger partial charge in [-0.3, -0.25) is 0 Å². The summed E-state index contributed by atoms with van der Waals surface area (Å²) >= 11 is 0. The second-order valence-electron chi connectivity index (χ2n) is 6.33. The molecule has 0 aliphatic carbocycles. The number of hydrogen-bond acceptors (Lipinski definition) is 3. The fourth-order valence-corrected chi connectivity index (χ4v) is 3.23. The molecule has 1 aliphatic rings. The predicted octanol–water partition coefficient (Wildman–Crippen LogP) is 4.52. The summed E-state index contributed by atoms with van der Waals surface area (Å²) in [6.45, 7) is 0.896. The van der Waals surface area contributed by atoms with Crippen molar-refractivity contribution >= 4 is 22.8 Å². The van der Waals surface area contributed by atoms with Gasteiger partial charge in [0.1, 0.15) is 22.8 Å². The number of benzene rings is 2. The van der Waals surface area contributed by atoms with Gasteiger partial charge >= 0.3 is 6.03 Å². The maximum Gasteiger partial charge on any atom is 0.322 e. The number of hydrogen-bond donors (Lipinski definition) is 1. The van der Waals surface area contributed by atoms with Gasteiger partial charge in [-0.05, 0) is 37.1 Å². The van der Waals surface area contributed by atoms with Crippen LogP contribution in [0.1, 0.15) is 24.7 Å². The second-order valence-corrected chi connectivity index (χ2v) is 6.33. The number of likely N-dealkylation sites (tertiary alicyclic amines) is 1. The van der Waals surface area contributed by atoms with E-state index in [0.29, 0.717) is 24.6 Å². The van der Waals surface area contributed by atoms with Crippen molar-refractivity contribution in [1.29, 1.82) is 0 Å². The fourth-order valence-electron chi connectivity index (χ4n) is 3.23. The smallest absolute Gasteiger partial charge is 0.322 e. The number of nitrogens with one attached hydrogen (secondary N) is 1. The second kappa shape index (κ2) is 6.74. The minimum Gasteiger partial charge on any atom is -0.440 e. The molecule has 2 amide bonds. The number of para-hydroxylation sites is 3. The van der Waals surface area contributed by atoms with E-state index in [4.69, 9.17) is 4.42 Å². The summed E-state index contributed by atoms with van der Waals surface area (Å²) in [5.74, 6) is -1.06. The zero-order valence-corrected chi connectivity index (χ0v) is 13.9. The Labute approximate surface area is 148 Å². The van der Waals surface area contributed by atoms with Crippen molar-refractivity contribution in [3.8, 4) is 0 Å². The molecule has 1 N–H and O–H groups in total. The molecule has 2 heterocycles. The Morgan fingerprint density at radius 1 is 1.15 bits per heavy atom. The largest absolute Gasteiger partial charge is 0.440 e. The molecule has 1 atom stereocenters. The third-order valence-corrected chi connectivity index (χ3v) is 4.56. The van der Waals surface area contributed by atoms with Crippen LogP contribution >= 0.6 is 0 Å². The highest BCUT2D eigenvalue weighted by atomic mass is 19.1. The molecule has 134 valence electrons. The van der Waals surface area contributed by atoms with Crippen LogP contribution in [0.3, 0.4) is 0 Å². The van der Waals surface area contributed by atoms with Gasteiger partial charge in [-0.15, -0.1) is 0 Å². The molecular formula is C19H17F2N3O2. The van der Waals surface area contributed by atoms with Crippen LogP contribution in [0.4, 0.5) is 19.3 Å². The van der Waals surface area contributed by atoms with Gasteiger partial charge in [-0.25, -0.2) is 18.6 Å². The van der Waals surface area contributed by atoms with Crippen LogP contribution in [0.5, 0.6) is 0 Å². The molecule has 0 radical (unpaired) electrons. The van der Waals surface area contributed by atoms with Crippen molar-refractivity contribution in [1.82, 2.24) is 9.88 Å². The van der Waals surface area contributed by atoms with Crippen LogP contribution < -0.4 is 5.32 Å². The van der Waals surface area contributed by atoms with E-state index in [0.717, 1.165) is 30.5 Å². The molecule has 1 unspecified atom stereocenters. The summed E-state index contributed by atoms with van der Waals surface area (Å²) < 4.78 is 33.3. The number of piperidine rings is 1. The van der Waals surface area contributed by atoms with E-state index in [1.165, 1.54) is 11.0 Å². The topological polar surface area (TPSA) is 58.4 Å². The molecule has 4 rings (SSSR count). The number of urea groups is 1. The molecule has 1 aliphatic heterocycles. The molecular weight excluding hydrogens is 340 g/mol. The molecule has 26 heavy (non-hydrogen) atoms. The van der Waals surface area contributed by atoms with Gasteiger partial charge in [-0.2, -0.15) is 0 Å². The van der Waals surface area contributed by atoms with Crippen LogP contribution in [0, 0.1) is 11.6 Å². The average Bonchev–Trinajstić information content (AvgIpc) is 3.09. The first-order chi connectivity index (χ1) is 12.6. The average molecular weight is 357 g/mol. The Kier molecular flexibility index (Phi) is 4.28. The van der Waals surface area contributed by atoms with Crippen molar-refractivity contribution in [2.45, 2.75) is 18.8 Å². The van der Waals surface area contributed by atoms with E-state index in [9.17, 15) is 13.6 Å². The van der Waals surface area contributed by atoms with Crippen molar-refractivity contribution in [3.05, 3.63) is 60.0 Å². The number of carbonyl (C=O) groups excluding carboxylic acids is 1. The summed E-state index contributed by atoms with van der Waals surface area (Å²) in [6.07, 6.45) is 1.60. The van der Waals surface area contributed by atoms with Gasteiger partial charge in [0.25, 0.3) is 0 Å². The van der Waals surface area contributed by atoms with E-state index in [-0.39, 0.29) is 5.92 Å². The lowest BCUT2D eigenvalue weighted by molar-refractivity contribution is 0.187. The Bertz CT molecular complexity index is 904. The number of aromatic nitrogens is 1. The standard InChI is InChI=1S/C19H17F2N3O2/c20-13-6-3-7-14(21)17(13)23-19(25)24-10-4-5-12(11-24)18-22-15-8-1-2-9-16(15)26-18/h1-3,6-9,12H,4-5,10-11H2,(H,23,25). The van der Waals surface area contributed by atoms with Crippen molar-refractivity contribution in [3.63, 3.8) is 0 Å². The van der Waals surface area contributed by atoms with Gasteiger partial charge < -0.3 is 14.6 Å². The maximum absolute atomic E-state index is 13.7. The first-order valence-corrected chi connectivity index (χ1v) is 8.47. The van der Waals surface area contributed by atoms with Gasteiger partial charge in [0, 0.05) is 13.1 Å². The summed E-state index contributed by atoms with van der Waals surface area (Å²) in [5, 5.41) is 2.33. The minimum absolute atomic E-state index is 0.0487. The third kappa shape index (κ3) is 3.12. The molecule has 1 fully saturated rings. The van der Waals surface area contributed by atoms with Crippen molar-refractivity contribution in [2.75, 3.05) is 18.4 Å². The first kappa shape index (κ1) is 16.5. The molecule has 0 bridgehead atoms. The number of carbonyl (C=O) groups is 1. The SMILES string of the molecule is O=C(Nc1c(F)cccc1F)N1CCCC(c2nc3ccccc3o2)C1. The number of halogens is 2. The molecule has 7 heteroatoms. The zero-order chi connectivity index (χ0) is 18.1. The normalized spacial score (nSPS) is 17.5. The fraction of sp³-hybridized carbons (Fsp3) is 0.263. The molecule has 2 aromatic carbocycles. The first-order valence-electron chi connectivity index (χ1n) is 8.47. The highest BCUT2D eigenvalue weighted by molar-refractivity contribution is 5.89. The molecule has 1 saturated heterocycles. The maximum atomic E-state index is 13.7. The van der Waals surface area contributed by atoms with Gasteiger partial charge in [0.05, 0.1) is 5.92 Å². The lowest BCUT2D eigenvalue weighted by Gasteiger charge is -2.31. The van der Waals surface area contributed by atoms with Crippen LogP contribution in [0.15, 0.2) is 46.9 Å². The molecule has 5 nitrogen and oxygen atoms in total. The van der Waals surface area contributed by atoms with Crippen molar-refractivity contribution < 1.29 is 18.0 Å². The summed E-state index contributed by atoms with van der Waals surface area (Å²) in [5.41, 5.74) is 1.05. The Morgan fingerprint density at radius 3 is 2.69 bits per heavy atom. The van der Waals surface area contributed by atoms with Crippen LogP contribution in [0.25, 0.3) is 11.1 Å². The predicted molar refractivity (Wildman–Crippen MR) is 92.9 cm³/mol. The Balaban J connectivity index is 1.50. The molecule has 3 aromatic rings. The summed E-state index contributed by atoms with van der Waals surface area (Å²) in [4.78, 5) is 18.5. The number of nitrogens with zero attached hydrogens (tertiary/aromatic N) is 2. The van der Waals surface area contributed by atoms with E-state index in [1.807, 2.05) is 24.3 Å². The van der Waals surface area contributed by atoms with Gasteiger partial charge in [0.15, 0.2) is 11.5 Å². The van der Waals surface area contributed by atoms with Gasteiger partial charge in [0.2, 0.25) is 0 Å². The van der Waals surface area contributed by atoms with E-state index in [2.05, 4.69) is 10.3 Å². The highest BCUT2D eigenvalue weighted by Gasteiger charge is 2.28. The van der Waals surface area contributed by atoms with Crippen LogP contribution in [-0.2, 0) is 0 Å². The quantitative estimate of drug-likeness (QED) is 0.734. The lowest BCUT2D eigenvalue weighted by atomic mass is 9.98. The van der Waals surface area contributed by atoms with Gasteiger partial charge in [-0.1, -0.05) is 18.2 Å². The molecule has 1 aromatic heterocycles. The molecule has 0 saturated carbocycles.